The summed E-state index contributed by atoms with van der Waals surface area (Å²) in [6, 6.07) is 5.40. The Kier molecular flexibility index (Phi) is 2.04. The van der Waals surface area contributed by atoms with E-state index in [-0.39, 0.29) is 0 Å². The molecule has 0 saturated carbocycles. The molecule has 4 heteroatoms. The van der Waals surface area contributed by atoms with Crippen LogP contribution in [0.15, 0.2) is 24.3 Å². The van der Waals surface area contributed by atoms with Gasteiger partial charge in [-0.2, -0.15) is 0 Å². The molecule has 0 spiro atoms. The van der Waals surface area contributed by atoms with E-state index in [4.69, 9.17) is 0 Å². The van der Waals surface area contributed by atoms with E-state index >= 15 is 0 Å². The van der Waals surface area contributed by atoms with Crippen molar-refractivity contribution in [1.29, 1.82) is 0 Å². The molecule has 0 aliphatic carbocycles. The smallest absolute Gasteiger partial charge is 0.234 e. The highest BCUT2D eigenvalue weighted by Gasteiger charge is 2.39. The maximum absolute atomic E-state index is 12.1. The number of halogens is 3. The Morgan fingerprint density at radius 2 is 1.82 bits per heavy atom. The molecule has 1 rings (SSSR count). The second-order valence-electron chi connectivity index (χ2n) is 2.37. The van der Waals surface area contributed by atoms with Gasteiger partial charge < -0.3 is 0 Å². The molecule has 0 N–H and O–H groups in total. The molecular formula is C7H7F3Si. The molecule has 0 amide bonds. The lowest BCUT2D eigenvalue weighted by Gasteiger charge is -2.02. The minimum Gasteiger partial charge on any atom is -0.234 e. The number of rotatable bonds is 1. The Balaban J connectivity index is 3.06. The Bertz CT molecular complexity index is 254. The first-order valence-electron chi connectivity index (χ1n) is 3.14. The molecular weight excluding hydrogens is 169 g/mol. The minimum absolute atomic E-state index is 0.447. The lowest BCUT2D eigenvalue weighted by Crippen LogP contribution is -2.33. The molecule has 0 heterocycles. The zero-order chi connectivity index (χ0) is 8.48. The van der Waals surface area contributed by atoms with Crippen LogP contribution in [0.4, 0.5) is 12.3 Å². The molecule has 0 atom stereocenters. The average Bonchev–Trinajstić information content (AvgIpc) is 1.86. The van der Waals surface area contributed by atoms with Crippen LogP contribution in [0.5, 0.6) is 0 Å². The Labute approximate surface area is 64.2 Å². The topological polar surface area (TPSA) is 0 Å². The van der Waals surface area contributed by atoms with E-state index in [1.165, 1.54) is 12.1 Å². The van der Waals surface area contributed by atoms with Crippen molar-refractivity contribution in [3.63, 3.8) is 0 Å². The fourth-order valence-electron chi connectivity index (χ4n) is 0.821. The van der Waals surface area contributed by atoms with E-state index in [0.717, 1.165) is 6.07 Å². The minimum atomic E-state index is -5.56. The molecule has 1 aromatic rings. The molecule has 0 aliphatic heterocycles. The zero-order valence-corrected chi connectivity index (χ0v) is 6.94. The summed E-state index contributed by atoms with van der Waals surface area (Å²) in [5.41, 5.74) is 0.660. The molecule has 0 aromatic heterocycles. The zero-order valence-electron chi connectivity index (χ0n) is 5.94. The first kappa shape index (κ1) is 8.32. The van der Waals surface area contributed by atoms with Crippen molar-refractivity contribution in [3.05, 3.63) is 29.8 Å². The molecule has 0 unspecified atom stereocenters. The molecule has 0 radical (unpaired) electrons. The van der Waals surface area contributed by atoms with Crippen LogP contribution in [0.3, 0.4) is 0 Å². The second kappa shape index (κ2) is 2.69. The summed E-state index contributed by atoms with van der Waals surface area (Å²) in [7, 11) is -5.56. The fourth-order valence-corrected chi connectivity index (χ4v) is 1.50. The van der Waals surface area contributed by atoms with E-state index in [0.29, 0.717) is 5.56 Å². The van der Waals surface area contributed by atoms with Crippen LogP contribution < -0.4 is 5.19 Å². The number of benzene rings is 1. The van der Waals surface area contributed by atoms with Gasteiger partial charge in [0.1, 0.15) is 0 Å². The molecule has 0 nitrogen and oxygen atoms in total. The lowest BCUT2D eigenvalue weighted by atomic mass is 10.2. The average molecular weight is 176 g/mol. The van der Waals surface area contributed by atoms with E-state index < -0.39 is 14.3 Å². The maximum atomic E-state index is 12.1. The number of aryl methyl sites for hydroxylation is 1. The van der Waals surface area contributed by atoms with Gasteiger partial charge in [0.15, 0.2) is 0 Å². The fraction of sp³-hybridized carbons (Fsp3) is 0.143. The summed E-state index contributed by atoms with van der Waals surface area (Å²) in [4.78, 5) is 0. The second-order valence-corrected chi connectivity index (χ2v) is 3.94. The third kappa shape index (κ3) is 2.08. The van der Waals surface area contributed by atoms with Gasteiger partial charge in [0.05, 0.1) is 0 Å². The van der Waals surface area contributed by atoms with E-state index in [1.807, 2.05) is 0 Å². The van der Waals surface area contributed by atoms with Gasteiger partial charge in [0.2, 0.25) is 0 Å². The van der Waals surface area contributed by atoms with Gasteiger partial charge in [0, 0.05) is 5.19 Å². The van der Waals surface area contributed by atoms with Crippen molar-refractivity contribution in [2.75, 3.05) is 0 Å². The van der Waals surface area contributed by atoms with Crippen molar-refractivity contribution < 1.29 is 12.3 Å². The Hall–Kier alpha value is -0.773. The summed E-state index contributed by atoms with van der Waals surface area (Å²) < 4.78 is 36.3. The predicted molar refractivity (Wildman–Crippen MR) is 39.9 cm³/mol. The quantitative estimate of drug-likeness (QED) is 0.454. The first-order chi connectivity index (χ1) is 5.00. The van der Waals surface area contributed by atoms with Crippen molar-refractivity contribution >= 4 is 14.3 Å². The molecule has 0 aliphatic rings. The van der Waals surface area contributed by atoms with Gasteiger partial charge >= 0.3 is 9.08 Å². The van der Waals surface area contributed by atoms with Crippen LogP contribution >= 0.6 is 0 Å². The highest BCUT2D eigenvalue weighted by molar-refractivity contribution is 6.73. The number of hydrogen-bond acceptors (Lipinski definition) is 0. The van der Waals surface area contributed by atoms with Crippen molar-refractivity contribution in [2.24, 2.45) is 0 Å². The first-order valence-corrected chi connectivity index (χ1v) is 4.77. The summed E-state index contributed by atoms with van der Waals surface area (Å²) >= 11 is 0. The van der Waals surface area contributed by atoms with E-state index in [9.17, 15) is 12.3 Å². The monoisotopic (exact) mass is 176 g/mol. The maximum Gasteiger partial charge on any atom is 0.653 e. The highest BCUT2D eigenvalue weighted by atomic mass is 28.5. The summed E-state index contributed by atoms with van der Waals surface area (Å²) in [6.07, 6.45) is 0. The molecule has 0 fully saturated rings. The van der Waals surface area contributed by atoms with Crippen LogP contribution in [0.2, 0.25) is 0 Å². The predicted octanol–water partition coefficient (Wildman–Crippen LogP) is 2.05. The van der Waals surface area contributed by atoms with Crippen LogP contribution in [-0.4, -0.2) is 9.08 Å². The van der Waals surface area contributed by atoms with Gasteiger partial charge in [-0.05, 0) is 6.92 Å². The molecule has 1 aromatic carbocycles. The summed E-state index contributed by atoms with van der Waals surface area (Å²) in [6.45, 7) is 1.66. The number of hydrogen-bond donors (Lipinski definition) is 0. The highest BCUT2D eigenvalue weighted by Crippen LogP contribution is 2.09. The molecule has 11 heavy (non-hydrogen) atoms. The molecule has 0 bridgehead atoms. The Morgan fingerprint density at radius 1 is 1.18 bits per heavy atom. The van der Waals surface area contributed by atoms with Crippen molar-refractivity contribution in [1.82, 2.24) is 0 Å². The lowest BCUT2D eigenvalue weighted by molar-refractivity contribution is 0.501. The standard InChI is InChI=1S/C7H7F3Si/c1-6-3-2-4-7(5-6)11(8,9)10/h2-5H,1H3. The normalized spacial score (nSPS) is 11.6. The third-order valence-corrected chi connectivity index (χ3v) is 2.31. The van der Waals surface area contributed by atoms with Gasteiger partial charge in [-0.3, -0.25) is 0 Å². The van der Waals surface area contributed by atoms with Gasteiger partial charge in [-0.15, -0.1) is 0 Å². The van der Waals surface area contributed by atoms with Crippen molar-refractivity contribution in [3.8, 4) is 0 Å². The Morgan fingerprint density at radius 3 is 2.18 bits per heavy atom. The summed E-state index contributed by atoms with van der Waals surface area (Å²) in [5.74, 6) is 0. The van der Waals surface area contributed by atoms with Crippen molar-refractivity contribution in [2.45, 2.75) is 6.92 Å². The SMILES string of the molecule is Cc1cccc([Si](F)(F)F)c1. The molecule has 0 saturated heterocycles. The largest absolute Gasteiger partial charge is 0.653 e. The van der Waals surface area contributed by atoms with Crippen LogP contribution in [-0.2, 0) is 0 Å². The van der Waals surface area contributed by atoms with Crippen LogP contribution in [0.1, 0.15) is 5.56 Å². The van der Waals surface area contributed by atoms with Gasteiger partial charge in [-0.25, -0.2) is 12.3 Å². The van der Waals surface area contributed by atoms with Crippen LogP contribution in [0, 0.1) is 6.92 Å². The van der Waals surface area contributed by atoms with Crippen LogP contribution in [0.25, 0.3) is 0 Å². The summed E-state index contributed by atoms with van der Waals surface area (Å²) in [5, 5.41) is -0.447. The van der Waals surface area contributed by atoms with Gasteiger partial charge in [-0.1, -0.05) is 29.8 Å². The third-order valence-electron chi connectivity index (χ3n) is 1.35. The van der Waals surface area contributed by atoms with E-state index in [1.54, 1.807) is 13.0 Å². The van der Waals surface area contributed by atoms with Gasteiger partial charge in [0.25, 0.3) is 0 Å². The van der Waals surface area contributed by atoms with E-state index in [2.05, 4.69) is 0 Å². The molecule has 60 valence electrons.